The molecule has 1 heterocycles. The van der Waals surface area contributed by atoms with E-state index in [9.17, 15) is 14.4 Å². The van der Waals surface area contributed by atoms with E-state index in [-0.39, 0.29) is 17.4 Å². The summed E-state index contributed by atoms with van der Waals surface area (Å²) in [6, 6.07) is 7.21. The molecule has 0 unspecified atom stereocenters. The van der Waals surface area contributed by atoms with Crippen LogP contribution in [-0.4, -0.2) is 42.2 Å². The minimum Gasteiger partial charge on any atom is -0.496 e. The van der Waals surface area contributed by atoms with Gasteiger partial charge in [0.2, 0.25) is 5.91 Å². The third kappa shape index (κ3) is 4.38. The van der Waals surface area contributed by atoms with Gasteiger partial charge in [-0.1, -0.05) is 31.5 Å². The lowest BCUT2D eigenvalue weighted by atomic mass is 10.2. The molecule has 1 aromatic rings. The number of para-hydroxylation sites is 1. The number of hydrogen-bond acceptors (Lipinski definition) is 5. The van der Waals surface area contributed by atoms with Gasteiger partial charge in [0.05, 0.1) is 12.0 Å². The van der Waals surface area contributed by atoms with Crippen LogP contribution >= 0.6 is 11.8 Å². The maximum Gasteiger partial charge on any atom is 0.294 e. The number of nitrogens with one attached hydrogen (secondary N) is 1. The molecule has 6 nitrogen and oxygen atoms in total. The molecule has 1 N–H and O–H groups in total. The molecule has 1 aromatic carbocycles. The van der Waals surface area contributed by atoms with Gasteiger partial charge >= 0.3 is 0 Å². The number of amides is 3. The van der Waals surface area contributed by atoms with Crippen molar-refractivity contribution >= 4 is 34.9 Å². The van der Waals surface area contributed by atoms with Gasteiger partial charge in [0, 0.05) is 12.1 Å². The number of methoxy groups -OCH3 is 1. The number of carbonyl (C=O) groups is 3. The van der Waals surface area contributed by atoms with Crippen LogP contribution in [0, 0.1) is 0 Å². The van der Waals surface area contributed by atoms with Gasteiger partial charge in [0.15, 0.2) is 0 Å². The van der Waals surface area contributed by atoms with E-state index in [2.05, 4.69) is 5.32 Å². The molecule has 0 aliphatic carbocycles. The number of hydrogen-bond donors (Lipinski definition) is 1. The lowest BCUT2D eigenvalue weighted by Gasteiger charge is -2.12. The molecule has 0 aromatic heterocycles. The molecule has 128 valence electrons. The molecule has 0 saturated carbocycles. The van der Waals surface area contributed by atoms with Crippen LogP contribution in [0.3, 0.4) is 0 Å². The van der Waals surface area contributed by atoms with Gasteiger partial charge in [0.25, 0.3) is 11.1 Å². The van der Waals surface area contributed by atoms with E-state index in [0.29, 0.717) is 17.9 Å². The summed E-state index contributed by atoms with van der Waals surface area (Å²) in [7, 11) is 1.54. The van der Waals surface area contributed by atoms with Crippen LogP contribution in [0.5, 0.6) is 5.75 Å². The van der Waals surface area contributed by atoms with Crippen molar-refractivity contribution < 1.29 is 19.1 Å². The number of thioether (sulfide) groups is 1. The van der Waals surface area contributed by atoms with Crippen molar-refractivity contribution in [3.8, 4) is 5.75 Å². The Kier molecular flexibility index (Phi) is 6.43. The normalized spacial score (nSPS) is 15.9. The minimum absolute atomic E-state index is 0.252. The van der Waals surface area contributed by atoms with Crippen LogP contribution in [0.2, 0.25) is 0 Å². The van der Waals surface area contributed by atoms with Gasteiger partial charge in [-0.3, -0.25) is 19.3 Å². The second-order valence-electron chi connectivity index (χ2n) is 5.21. The van der Waals surface area contributed by atoms with Crippen LogP contribution in [0.15, 0.2) is 29.2 Å². The van der Waals surface area contributed by atoms with Gasteiger partial charge in [0.1, 0.15) is 12.3 Å². The Balaban J connectivity index is 2.08. The van der Waals surface area contributed by atoms with Crippen LogP contribution in [0.4, 0.5) is 4.79 Å². The molecule has 0 bridgehead atoms. The average molecular weight is 348 g/mol. The molecular weight excluding hydrogens is 328 g/mol. The monoisotopic (exact) mass is 348 g/mol. The summed E-state index contributed by atoms with van der Waals surface area (Å²) in [4.78, 5) is 37.5. The third-order valence-electron chi connectivity index (χ3n) is 3.45. The summed E-state index contributed by atoms with van der Waals surface area (Å²) in [5, 5.41) is 2.26. The molecule has 0 radical (unpaired) electrons. The van der Waals surface area contributed by atoms with Crippen LogP contribution in [0.25, 0.3) is 6.08 Å². The zero-order chi connectivity index (χ0) is 17.5. The number of ether oxygens (including phenoxy) is 1. The summed E-state index contributed by atoms with van der Waals surface area (Å²) in [6.45, 7) is 2.31. The fourth-order valence-electron chi connectivity index (χ4n) is 2.17. The molecule has 1 aliphatic rings. The fraction of sp³-hybridized carbons (Fsp3) is 0.353. The molecule has 7 heteroatoms. The predicted octanol–water partition coefficient (Wildman–Crippen LogP) is 2.65. The highest BCUT2D eigenvalue weighted by molar-refractivity contribution is 8.18. The molecule has 0 atom stereocenters. The van der Waals surface area contributed by atoms with E-state index < -0.39 is 11.1 Å². The Labute approximate surface area is 145 Å². The first-order valence-electron chi connectivity index (χ1n) is 7.72. The Morgan fingerprint density at radius 1 is 1.33 bits per heavy atom. The maximum atomic E-state index is 12.4. The Morgan fingerprint density at radius 3 is 2.79 bits per heavy atom. The molecule has 1 aliphatic heterocycles. The zero-order valence-electron chi connectivity index (χ0n) is 13.7. The standard InChI is InChI=1S/C17H20N2O4S/c1-3-4-9-18-15(20)11-19-16(21)14(24-17(19)22)10-12-7-5-6-8-13(12)23-2/h5-8,10H,3-4,9,11H2,1-2H3,(H,18,20)/b14-10-. The molecule has 1 saturated heterocycles. The number of rotatable bonds is 7. The van der Waals surface area contributed by atoms with Crippen molar-refractivity contribution in [2.75, 3.05) is 20.2 Å². The van der Waals surface area contributed by atoms with E-state index in [1.165, 1.54) is 0 Å². The summed E-state index contributed by atoms with van der Waals surface area (Å²) in [5.41, 5.74) is 0.706. The fourth-order valence-corrected chi connectivity index (χ4v) is 3.00. The largest absolute Gasteiger partial charge is 0.496 e. The van der Waals surface area contributed by atoms with E-state index >= 15 is 0 Å². The first-order chi connectivity index (χ1) is 11.6. The zero-order valence-corrected chi connectivity index (χ0v) is 14.5. The maximum absolute atomic E-state index is 12.4. The summed E-state index contributed by atoms with van der Waals surface area (Å²) < 4.78 is 5.24. The summed E-state index contributed by atoms with van der Waals surface area (Å²) in [6.07, 6.45) is 3.43. The lowest BCUT2D eigenvalue weighted by molar-refractivity contribution is -0.129. The second kappa shape index (κ2) is 8.54. The Morgan fingerprint density at radius 2 is 2.08 bits per heavy atom. The predicted molar refractivity (Wildman–Crippen MR) is 93.6 cm³/mol. The quantitative estimate of drug-likeness (QED) is 0.606. The molecule has 3 amide bonds. The smallest absolute Gasteiger partial charge is 0.294 e. The SMILES string of the molecule is CCCCNC(=O)CN1C(=O)S/C(=C\c2ccccc2OC)C1=O. The summed E-state index contributed by atoms with van der Waals surface area (Å²) >= 11 is 0.829. The third-order valence-corrected chi connectivity index (χ3v) is 4.36. The molecule has 24 heavy (non-hydrogen) atoms. The highest BCUT2D eigenvalue weighted by atomic mass is 32.2. The molecular formula is C17H20N2O4S. The molecule has 0 spiro atoms. The van der Waals surface area contributed by atoms with Gasteiger partial charge in [-0.05, 0) is 30.3 Å². The van der Waals surface area contributed by atoms with Crippen molar-refractivity contribution in [3.05, 3.63) is 34.7 Å². The van der Waals surface area contributed by atoms with Crippen LogP contribution in [-0.2, 0) is 9.59 Å². The first-order valence-corrected chi connectivity index (χ1v) is 8.53. The topological polar surface area (TPSA) is 75.7 Å². The van der Waals surface area contributed by atoms with E-state index in [0.717, 1.165) is 29.5 Å². The Bertz CT molecular complexity index is 672. The van der Waals surface area contributed by atoms with E-state index in [4.69, 9.17) is 4.74 Å². The first kappa shape index (κ1) is 18.1. The van der Waals surface area contributed by atoms with Crippen molar-refractivity contribution in [1.29, 1.82) is 0 Å². The van der Waals surface area contributed by atoms with Crippen molar-refractivity contribution in [2.24, 2.45) is 0 Å². The van der Waals surface area contributed by atoms with Gasteiger partial charge in [-0.15, -0.1) is 0 Å². The molecule has 1 fully saturated rings. The summed E-state index contributed by atoms with van der Waals surface area (Å²) in [5.74, 6) is -0.174. The minimum atomic E-state index is -0.457. The highest BCUT2D eigenvalue weighted by Crippen LogP contribution is 2.33. The van der Waals surface area contributed by atoms with Gasteiger partial charge < -0.3 is 10.1 Å². The van der Waals surface area contributed by atoms with E-state index in [1.807, 2.05) is 19.1 Å². The number of unbranched alkanes of at least 4 members (excludes halogenated alkanes) is 1. The number of carbonyl (C=O) groups excluding carboxylic acids is 3. The average Bonchev–Trinajstić information content (AvgIpc) is 2.83. The van der Waals surface area contributed by atoms with Crippen molar-refractivity contribution in [2.45, 2.75) is 19.8 Å². The van der Waals surface area contributed by atoms with Crippen LogP contribution in [0.1, 0.15) is 25.3 Å². The van der Waals surface area contributed by atoms with Gasteiger partial charge in [-0.2, -0.15) is 0 Å². The lowest BCUT2D eigenvalue weighted by Crippen LogP contribution is -2.39. The number of benzene rings is 1. The van der Waals surface area contributed by atoms with Crippen LogP contribution < -0.4 is 10.1 Å². The van der Waals surface area contributed by atoms with Crippen molar-refractivity contribution in [1.82, 2.24) is 10.2 Å². The van der Waals surface area contributed by atoms with Crippen molar-refractivity contribution in [3.63, 3.8) is 0 Å². The number of imide groups is 1. The van der Waals surface area contributed by atoms with E-state index in [1.54, 1.807) is 25.3 Å². The number of nitrogens with zero attached hydrogens (tertiary/aromatic N) is 1. The highest BCUT2D eigenvalue weighted by Gasteiger charge is 2.36. The van der Waals surface area contributed by atoms with Gasteiger partial charge in [-0.25, -0.2) is 0 Å². The molecule has 2 rings (SSSR count). The Hall–Kier alpha value is -2.28. The second-order valence-corrected chi connectivity index (χ2v) is 6.21.